The van der Waals surface area contributed by atoms with Gasteiger partial charge in [0, 0.05) is 0 Å². The molecule has 20 heavy (non-hydrogen) atoms. The van der Waals surface area contributed by atoms with Gasteiger partial charge in [-0.1, -0.05) is 27.7 Å². The van der Waals surface area contributed by atoms with Gasteiger partial charge in [0.15, 0.2) is 6.79 Å². The number of ether oxygens (including phenoxy) is 2. The second-order valence-electron chi connectivity index (χ2n) is 8.05. The van der Waals surface area contributed by atoms with Gasteiger partial charge in [-0.3, -0.25) is 4.79 Å². The van der Waals surface area contributed by atoms with Crippen molar-refractivity contribution in [3.8, 4) is 0 Å². The lowest BCUT2D eigenvalue weighted by atomic mass is 9.70. The van der Waals surface area contributed by atoms with E-state index in [0.717, 1.165) is 18.8 Å². The van der Waals surface area contributed by atoms with E-state index in [4.69, 9.17) is 9.47 Å². The highest BCUT2D eigenvalue weighted by Crippen LogP contribution is 2.66. The molecular formula is C17H30O3. The molecule has 0 radical (unpaired) electrons. The zero-order valence-corrected chi connectivity index (χ0v) is 13.9. The summed E-state index contributed by atoms with van der Waals surface area (Å²) in [5.41, 5.74) is 0.149. The molecule has 2 rings (SSSR count). The summed E-state index contributed by atoms with van der Waals surface area (Å²) in [4.78, 5) is 11.9. The Morgan fingerprint density at radius 3 is 2.40 bits per heavy atom. The summed E-state index contributed by atoms with van der Waals surface area (Å²) in [5.74, 6) is 0.591. The molecule has 0 spiro atoms. The van der Waals surface area contributed by atoms with E-state index in [2.05, 4.69) is 20.8 Å². The smallest absolute Gasteiger partial charge is 0.313 e. The van der Waals surface area contributed by atoms with Crippen molar-refractivity contribution >= 4 is 5.97 Å². The number of esters is 1. The second kappa shape index (κ2) is 5.01. The third kappa shape index (κ3) is 2.28. The summed E-state index contributed by atoms with van der Waals surface area (Å²) in [7, 11) is 0. The first-order valence-corrected chi connectivity index (χ1v) is 7.94. The number of rotatable bonds is 5. The first kappa shape index (κ1) is 15.8. The Bertz CT molecular complexity index is 386. The van der Waals surface area contributed by atoms with E-state index in [1.807, 2.05) is 20.8 Å². The van der Waals surface area contributed by atoms with E-state index in [-0.39, 0.29) is 24.3 Å². The molecule has 3 atom stereocenters. The molecule has 2 saturated carbocycles. The molecule has 2 fully saturated rings. The molecule has 0 aromatic rings. The van der Waals surface area contributed by atoms with Crippen molar-refractivity contribution in [1.29, 1.82) is 0 Å². The lowest BCUT2D eigenvalue weighted by Gasteiger charge is -2.38. The molecule has 0 heterocycles. The molecule has 0 saturated heterocycles. The minimum Gasteiger partial charge on any atom is -0.438 e. The molecule has 3 unspecified atom stereocenters. The SMILES string of the molecule is CCC(C)(C)C(=O)OCOC1CC2CCC1(C)C2(C)C. The maximum atomic E-state index is 11.9. The third-order valence-corrected chi connectivity index (χ3v) is 6.61. The fourth-order valence-electron chi connectivity index (χ4n) is 3.89. The summed E-state index contributed by atoms with van der Waals surface area (Å²) in [5, 5.41) is 0. The van der Waals surface area contributed by atoms with Gasteiger partial charge in [0.2, 0.25) is 0 Å². The van der Waals surface area contributed by atoms with Crippen molar-refractivity contribution in [3.63, 3.8) is 0 Å². The van der Waals surface area contributed by atoms with Crippen LogP contribution in [0, 0.1) is 22.2 Å². The van der Waals surface area contributed by atoms with E-state index in [0.29, 0.717) is 5.41 Å². The van der Waals surface area contributed by atoms with Crippen LogP contribution in [0.4, 0.5) is 0 Å². The molecular weight excluding hydrogens is 252 g/mol. The predicted molar refractivity (Wildman–Crippen MR) is 79.1 cm³/mol. The van der Waals surface area contributed by atoms with Crippen LogP contribution < -0.4 is 0 Å². The largest absolute Gasteiger partial charge is 0.438 e. The molecule has 2 bridgehead atoms. The molecule has 3 heteroatoms. The van der Waals surface area contributed by atoms with Crippen molar-refractivity contribution in [2.24, 2.45) is 22.2 Å². The number of carbonyl (C=O) groups excluding carboxylic acids is 1. The normalized spacial score (nSPS) is 35.3. The zero-order valence-electron chi connectivity index (χ0n) is 13.9. The summed E-state index contributed by atoms with van der Waals surface area (Å²) >= 11 is 0. The van der Waals surface area contributed by atoms with Gasteiger partial charge < -0.3 is 9.47 Å². The van der Waals surface area contributed by atoms with Crippen LogP contribution in [0.15, 0.2) is 0 Å². The summed E-state index contributed by atoms with van der Waals surface area (Å²) in [6.07, 6.45) is 4.66. The Kier molecular flexibility index (Phi) is 3.96. The number of carbonyl (C=O) groups is 1. The van der Waals surface area contributed by atoms with E-state index in [1.165, 1.54) is 12.8 Å². The predicted octanol–water partition coefficient (Wildman–Crippen LogP) is 4.15. The maximum Gasteiger partial charge on any atom is 0.313 e. The van der Waals surface area contributed by atoms with Crippen molar-refractivity contribution in [2.45, 2.75) is 73.3 Å². The van der Waals surface area contributed by atoms with Crippen LogP contribution in [-0.2, 0) is 14.3 Å². The fraction of sp³-hybridized carbons (Fsp3) is 0.941. The monoisotopic (exact) mass is 282 g/mol. The average Bonchev–Trinajstić information content (AvgIpc) is 2.71. The van der Waals surface area contributed by atoms with Crippen LogP contribution >= 0.6 is 0 Å². The Morgan fingerprint density at radius 1 is 1.30 bits per heavy atom. The molecule has 0 aromatic carbocycles. The van der Waals surface area contributed by atoms with E-state index >= 15 is 0 Å². The number of fused-ring (bicyclic) bond motifs is 2. The molecule has 3 nitrogen and oxygen atoms in total. The molecule has 0 aliphatic heterocycles. The quantitative estimate of drug-likeness (QED) is 0.561. The molecule has 0 N–H and O–H groups in total. The topological polar surface area (TPSA) is 35.5 Å². The minimum atomic E-state index is -0.415. The van der Waals surface area contributed by atoms with Gasteiger partial charge in [-0.2, -0.15) is 0 Å². The van der Waals surface area contributed by atoms with Gasteiger partial charge in [0.25, 0.3) is 0 Å². The first-order chi connectivity index (χ1) is 9.15. The Morgan fingerprint density at radius 2 is 1.95 bits per heavy atom. The van der Waals surface area contributed by atoms with Crippen LogP contribution in [0.3, 0.4) is 0 Å². The highest BCUT2D eigenvalue weighted by atomic mass is 16.7. The lowest BCUT2D eigenvalue weighted by Crippen LogP contribution is -2.38. The van der Waals surface area contributed by atoms with Gasteiger partial charge in [0.05, 0.1) is 11.5 Å². The Hall–Kier alpha value is -0.570. The van der Waals surface area contributed by atoms with Crippen molar-refractivity contribution in [1.82, 2.24) is 0 Å². The standard InChI is InChI=1S/C17H30O3/c1-7-15(2,3)14(18)20-11-19-13-10-12-8-9-17(13,6)16(12,4)5/h12-13H,7-11H2,1-6H3. The molecule has 0 aromatic heterocycles. The lowest BCUT2D eigenvalue weighted by molar-refractivity contribution is -0.178. The van der Waals surface area contributed by atoms with E-state index < -0.39 is 5.41 Å². The Labute approximate surface area is 123 Å². The molecule has 2 aliphatic carbocycles. The summed E-state index contributed by atoms with van der Waals surface area (Å²) in [6, 6.07) is 0. The fourth-order valence-corrected chi connectivity index (χ4v) is 3.89. The van der Waals surface area contributed by atoms with Crippen LogP contribution in [-0.4, -0.2) is 18.9 Å². The summed E-state index contributed by atoms with van der Waals surface area (Å²) < 4.78 is 11.3. The van der Waals surface area contributed by atoms with E-state index in [1.54, 1.807) is 0 Å². The third-order valence-electron chi connectivity index (χ3n) is 6.61. The van der Waals surface area contributed by atoms with Gasteiger partial charge in [-0.05, 0) is 56.3 Å². The van der Waals surface area contributed by atoms with Crippen molar-refractivity contribution in [3.05, 3.63) is 0 Å². The number of hydrogen-bond acceptors (Lipinski definition) is 3. The first-order valence-electron chi connectivity index (χ1n) is 7.94. The van der Waals surface area contributed by atoms with E-state index in [9.17, 15) is 4.79 Å². The average molecular weight is 282 g/mol. The highest BCUT2D eigenvalue weighted by molar-refractivity contribution is 5.75. The van der Waals surface area contributed by atoms with Crippen LogP contribution in [0.25, 0.3) is 0 Å². The number of hydrogen-bond donors (Lipinski definition) is 0. The zero-order chi connectivity index (χ0) is 15.2. The highest BCUT2D eigenvalue weighted by Gasteiger charge is 2.61. The van der Waals surface area contributed by atoms with Gasteiger partial charge >= 0.3 is 5.97 Å². The van der Waals surface area contributed by atoms with Crippen molar-refractivity contribution < 1.29 is 14.3 Å². The molecule has 2 aliphatic rings. The van der Waals surface area contributed by atoms with Crippen LogP contribution in [0.1, 0.15) is 67.2 Å². The van der Waals surface area contributed by atoms with Gasteiger partial charge in [-0.25, -0.2) is 0 Å². The minimum absolute atomic E-state index is 0.103. The maximum absolute atomic E-state index is 11.9. The van der Waals surface area contributed by atoms with Crippen molar-refractivity contribution in [2.75, 3.05) is 6.79 Å². The Balaban J connectivity index is 1.87. The van der Waals surface area contributed by atoms with Crippen LogP contribution in [0.5, 0.6) is 0 Å². The molecule has 116 valence electrons. The second-order valence-corrected chi connectivity index (χ2v) is 8.05. The van der Waals surface area contributed by atoms with Gasteiger partial charge in [0.1, 0.15) is 0 Å². The summed E-state index contributed by atoms with van der Waals surface area (Å²) in [6.45, 7) is 13.0. The van der Waals surface area contributed by atoms with Gasteiger partial charge in [-0.15, -0.1) is 0 Å². The molecule has 0 amide bonds. The van der Waals surface area contributed by atoms with Crippen LogP contribution in [0.2, 0.25) is 0 Å².